The summed E-state index contributed by atoms with van der Waals surface area (Å²) in [6, 6.07) is 0. The molecule has 0 amide bonds. The van der Waals surface area contributed by atoms with Gasteiger partial charge in [-0.3, -0.25) is 0 Å². The zero-order valence-corrected chi connectivity index (χ0v) is 17.3. The average Bonchev–Trinajstić information content (AvgIpc) is 2.63. The van der Waals surface area contributed by atoms with E-state index < -0.39 is 0 Å². The molecule has 0 aliphatic heterocycles. The highest BCUT2D eigenvalue weighted by atomic mass is 16.2. The van der Waals surface area contributed by atoms with Gasteiger partial charge in [-0.2, -0.15) is 0 Å². The van der Waals surface area contributed by atoms with Crippen LogP contribution in [-0.2, 0) is 0 Å². The fraction of sp³-hybridized carbons (Fsp3) is 0.667. The predicted octanol–water partition coefficient (Wildman–Crippen LogP) is 7.93. The van der Waals surface area contributed by atoms with Crippen LogP contribution in [0.25, 0.3) is 0 Å². The minimum Gasteiger partial charge on any atom is -0.396 e. The van der Waals surface area contributed by atoms with Crippen LogP contribution in [0.15, 0.2) is 48.6 Å². The summed E-state index contributed by atoms with van der Waals surface area (Å²) in [5.41, 5.74) is 0. The van der Waals surface area contributed by atoms with Gasteiger partial charge in [0.05, 0.1) is 0 Å². The second-order valence-corrected chi connectivity index (χ2v) is 6.39. The van der Waals surface area contributed by atoms with E-state index >= 15 is 0 Å². The van der Waals surface area contributed by atoms with E-state index in [2.05, 4.69) is 49.5 Å². The molecule has 0 saturated carbocycles. The Morgan fingerprint density at radius 3 is 1.44 bits per heavy atom. The summed E-state index contributed by atoms with van der Waals surface area (Å²) in [6.07, 6.45) is 32.3. The van der Waals surface area contributed by atoms with Gasteiger partial charge in [0.25, 0.3) is 0 Å². The van der Waals surface area contributed by atoms with Crippen LogP contribution in [0.4, 0.5) is 0 Å². The van der Waals surface area contributed by atoms with Crippen molar-refractivity contribution in [1.82, 2.24) is 0 Å². The van der Waals surface area contributed by atoms with E-state index in [-0.39, 0.29) is 0 Å². The van der Waals surface area contributed by atoms with Crippen LogP contribution < -0.4 is 0 Å². The molecule has 25 heavy (non-hydrogen) atoms. The van der Waals surface area contributed by atoms with Crippen molar-refractivity contribution in [3.8, 4) is 0 Å². The third-order valence-corrected chi connectivity index (χ3v) is 3.88. The van der Waals surface area contributed by atoms with Gasteiger partial charge in [-0.1, -0.05) is 100 Å². The number of hydrogen-bond donors (Lipinski definition) is 1. The van der Waals surface area contributed by atoms with Gasteiger partial charge in [-0.05, 0) is 46.0 Å². The van der Waals surface area contributed by atoms with Crippen molar-refractivity contribution in [2.75, 3.05) is 6.61 Å². The van der Waals surface area contributed by atoms with Crippen molar-refractivity contribution in [1.29, 1.82) is 0 Å². The minimum atomic E-state index is 0.348. The zero-order valence-electron chi connectivity index (χ0n) is 17.3. The first-order valence-electron chi connectivity index (χ1n) is 10.5. The van der Waals surface area contributed by atoms with Crippen LogP contribution in [0.5, 0.6) is 0 Å². The summed E-state index contributed by atoms with van der Waals surface area (Å²) in [7, 11) is 0. The maximum absolute atomic E-state index is 8.55. The number of allylic oxidation sites excluding steroid dienone is 8. The standard InChI is InChI=1S/C12H22O.C12H22/c1-2-3-4-5-6-7-8-9-10-11-12-13;1-3-5-7-9-11-12-10-8-6-4-2/h2-5,13H,6-12H2,1H3;3,5,7,9H,4,6,8,10-12H2,1-2H3/b3-2+,5-4+;. The highest BCUT2D eigenvalue weighted by Crippen LogP contribution is 2.06. The van der Waals surface area contributed by atoms with Crippen LogP contribution in [0.2, 0.25) is 0 Å². The third-order valence-electron chi connectivity index (χ3n) is 3.88. The lowest BCUT2D eigenvalue weighted by Crippen LogP contribution is -1.82. The van der Waals surface area contributed by atoms with Gasteiger partial charge in [-0.25, -0.2) is 0 Å². The Morgan fingerprint density at radius 2 is 1.00 bits per heavy atom. The number of hydrogen-bond acceptors (Lipinski definition) is 1. The molecule has 0 unspecified atom stereocenters. The largest absolute Gasteiger partial charge is 0.396 e. The van der Waals surface area contributed by atoms with Crippen LogP contribution in [0.1, 0.15) is 97.8 Å². The molecule has 0 atom stereocenters. The van der Waals surface area contributed by atoms with Gasteiger partial charge in [0, 0.05) is 6.61 Å². The van der Waals surface area contributed by atoms with Gasteiger partial charge in [0.1, 0.15) is 0 Å². The highest BCUT2D eigenvalue weighted by molar-refractivity contribution is 5.01. The fourth-order valence-corrected chi connectivity index (χ4v) is 2.34. The molecule has 0 fully saturated rings. The Labute approximate surface area is 158 Å². The minimum absolute atomic E-state index is 0.348. The Balaban J connectivity index is 0. The van der Waals surface area contributed by atoms with Gasteiger partial charge in [-0.15, -0.1) is 0 Å². The molecule has 1 nitrogen and oxygen atoms in total. The second-order valence-electron chi connectivity index (χ2n) is 6.39. The molecule has 146 valence electrons. The first-order valence-corrected chi connectivity index (χ1v) is 10.5. The topological polar surface area (TPSA) is 20.2 Å². The molecule has 0 aromatic heterocycles. The van der Waals surface area contributed by atoms with Crippen molar-refractivity contribution in [2.24, 2.45) is 0 Å². The van der Waals surface area contributed by atoms with Crippen LogP contribution in [-0.4, -0.2) is 11.7 Å². The normalized spacial score (nSPS) is 11.8. The molecular formula is C24H44O. The quantitative estimate of drug-likeness (QED) is 0.235. The Bertz CT molecular complexity index is 323. The average molecular weight is 349 g/mol. The molecule has 1 N–H and O–H groups in total. The maximum atomic E-state index is 8.55. The summed E-state index contributed by atoms with van der Waals surface area (Å²) in [4.78, 5) is 0. The molecule has 0 aliphatic carbocycles. The van der Waals surface area contributed by atoms with Crippen molar-refractivity contribution in [2.45, 2.75) is 97.8 Å². The molecule has 0 rings (SSSR count). The lowest BCUT2D eigenvalue weighted by atomic mass is 10.1. The maximum Gasteiger partial charge on any atom is 0.0431 e. The number of aliphatic hydroxyl groups excluding tert-OH is 1. The molecule has 1 heteroatoms. The van der Waals surface area contributed by atoms with Gasteiger partial charge >= 0.3 is 0 Å². The first-order chi connectivity index (χ1) is 12.3. The fourth-order valence-electron chi connectivity index (χ4n) is 2.34. The van der Waals surface area contributed by atoms with E-state index in [0.29, 0.717) is 6.61 Å². The molecule has 0 saturated heterocycles. The lowest BCUT2D eigenvalue weighted by Gasteiger charge is -1.96. The molecule has 0 aromatic carbocycles. The van der Waals surface area contributed by atoms with Crippen LogP contribution in [0, 0.1) is 0 Å². The summed E-state index contributed by atoms with van der Waals surface area (Å²) >= 11 is 0. The number of aliphatic hydroxyl groups is 1. The van der Waals surface area contributed by atoms with Gasteiger partial charge in [0.15, 0.2) is 0 Å². The third kappa shape index (κ3) is 31.2. The van der Waals surface area contributed by atoms with E-state index in [1.165, 1.54) is 70.6 Å². The van der Waals surface area contributed by atoms with Gasteiger partial charge < -0.3 is 5.11 Å². The smallest absolute Gasteiger partial charge is 0.0431 e. The SMILES string of the molecule is C/C=C/C=C/CCCCCCCO.CC=CC=CCCCCCCC. The predicted molar refractivity (Wildman–Crippen MR) is 116 cm³/mol. The monoisotopic (exact) mass is 348 g/mol. The Hall–Kier alpha value is -1.08. The Morgan fingerprint density at radius 1 is 0.560 bits per heavy atom. The van der Waals surface area contributed by atoms with Crippen LogP contribution >= 0.6 is 0 Å². The molecule has 0 aliphatic rings. The van der Waals surface area contributed by atoms with E-state index in [1.54, 1.807) is 0 Å². The lowest BCUT2D eigenvalue weighted by molar-refractivity contribution is 0.282. The summed E-state index contributed by atoms with van der Waals surface area (Å²) in [5, 5.41) is 8.55. The van der Waals surface area contributed by atoms with E-state index in [0.717, 1.165) is 6.42 Å². The van der Waals surface area contributed by atoms with Crippen molar-refractivity contribution < 1.29 is 5.11 Å². The van der Waals surface area contributed by atoms with Crippen molar-refractivity contribution in [3.05, 3.63) is 48.6 Å². The summed E-state index contributed by atoms with van der Waals surface area (Å²) < 4.78 is 0. The molecule has 0 bridgehead atoms. The van der Waals surface area contributed by atoms with E-state index in [4.69, 9.17) is 5.11 Å². The van der Waals surface area contributed by atoms with E-state index in [9.17, 15) is 0 Å². The van der Waals surface area contributed by atoms with E-state index in [1.807, 2.05) is 19.9 Å². The van der Waals surface area contributed by atoms with Crippen molar-refractivity contribution >= 4 is 0 Å². The first kappa shape index (κ1) is 26.2. The molecule has 0 radical (unpaired) electrons. The zero-order chi connectivity index (χ0) is 18.8. The van der Waals surface area contributed by atoms with Crippen LogP contribution in [0.3, 0.4) is 0 Å². The second kappa shape index (κ2) is 27.8. The number of rotatable bonds is 15. The molecule has 0 spiro atoms. The Kier molecular flexibility index (Phi) is 29.0. The summed E-state index contributed by atoms with van der Waals surface area (Å²) in [6.45, 7) is 6.68. The molecule has 0 aromatic rings. The highest BCUT2D eigenvalue weighted by Gasteiger charge is 1.87. The molecule has 0 heterocycles. The molecular weight excluding hydrogens is 304 g/mol. The van der Waals surface area contributed by atoms with Crippen molar-refractivity contribution in [3.63, 3.8) is 0 Å². The summed E-state index contributed by atoms with van der Waals surface area (Å²) in [5.74, 6) is 0. The van der Waals surface area contributed by atoms with Gasteiger partial charge in [0.2, 0.25) is 0 Å². The number of unbranched alkanes of at least 4 members (excludes halogenated alkanes) is 10.